The number of H-pyrrole nitrogens is 1. The summed E-state index contributed by atoms with van der Waals surface area (Å²) in [4.78, 5) is 30.7. The smallest absolute Gasteiger partial charge is 0.252 e. The SMILES string of the molecule is O=C1CC(N(CCc2c[nH]c3ccccc23)S(=O)(=O)c2ccccc2)C(=O)N1c1ccc(Cl)cc1. The number of fused-ring (bicyclic) bond motifs is 1. The zero-order chi connectivity index (χ0) is 24.6. The Hall–Kier alpha value is -3.46. The van der Waals surface area contributed by atoms with Crippen molar-refractivity contribution in [2.75, 3.05) is 11.4 Å². The minimum Gasteiger partial charge on any atom is -0.361 e. The van der Waals surface area contributed by atoms with Crippen molar-refractivity contribution in [1.82, 2.24) is 9.29 Å². The van der Waals surface area contributed by atoms with E-state index in [-0.39, 0.29) is 17.9 Å². The molecule has 1 unspecified atom stereocenters. The van der Waals surface area contributed by atoms with Crippen molar-refractivity contribution in [3.05, 3.63) is 95.6 Å². The molecule has 2 heterocycles. The van der Waals surface area contributed by atoms with Gasteiger partial charge in [-0.3, -0.25) is 9.59 Å². The Bertz CT molecular complexity index is 1500. The van der Waals surface area contributed by atoms with Crippen LogP contribution in [0.4, 0.5) is 5.69 Å². The Labute approximate surface area is 208 Å². The zero-order valence-electron chi connectivity index (χ0n) is 18.6. The van der Waals surface area contributed by atoms with Gasteiger partial charge in [0.05, 0.1) is 17.0 Å². The molecule has 0 saturated carbocycles. The average Bonchev–Trinajstić information content (AvgIpc) is 3.40. The lowest BCUT2D eigenvalue weighted by Gasteiger charge is -2.27. The summed E-state index contributed by atoms with van der Waals surface area (Å²) in [5.74, 6) is -1.03. The van der Waals surface area contributed by atoms with Crippen LogP contribution in [0.2, 0.25) is 5.02 Å². The van der Waals surface area contributed by atoms with Gasteiger partial charge in [-0.15, -0.1) is 0 Å². The summed E-state index contributed by atoms with van der Waals surface area (Å²) >= 11 is 5.95. The van der Waals surface area contributed by atoms with Gasteiger partial charge in [0, 0.05) is 28.7 Å². The van der Waals surface area contributed by atoms with Gasteiger partial charge in [0.15, 0.2) is 0 Å². The highest BCUT2D eigenvalue weighted by Crippen LogP contribution is 2.30. The van der Waals surface area contributed by atoms with Crippen molar-refractivity contribution in [2.24, 2.45) is 0 Å². The lowest BCUT2D eigenvalue weighted by Crippen LogP contribution is -2.46. The number of carbonyl (C=O) groups excluding carboxylic acids is 2. The third kappa shape index (κ3) is 4.36. The summed E-state index contributed by atoms with van der Waals surface area (Å²) in [6, 6.07) is 20.9. The summed E-state index contributed by atoms with van der Waals surface area (Å²) in [7, 11) is -4.06. The molecule has 0 radical (unpaired) electrons. The number of sulfonamides is 1. The third-order valence-electron chi connectivity index (χ3n) is 6.18. The average molecular weight is 508 g/mol. The fraction of sp³-hybridized carbons (Fsp3) is 0.154. The fourth-order valence-corrected chi connectivity index (χ4v) is 6.17. The van der Waals surface area contributed by atoms with Crippen LogP contribution in [0.1, 0.15) is 12.0 Å². The van der Waals surface area contributed by atoms with Crippen LogP contribution in [0.25, 0.3) is 10.9 Å². The van der Waals surface area contributed by atoms with E-state index in [0.29, 0.717) is 17.1 Å². The first-order valence-electron chi connectivity index (χ1n) is 11.1. The number of halogens is 1. The van der Waals surface area contributed by atoms with Gasteiger partial charge in [-0.25, -0.2) is 13.3 Å². The molecule has 1 aliphatic rings. The van der Waals surface area contributed by atoms with Crippen LogP contribution in [0.3, 0.4) is 0 Å². The monoisotopic (exact) mass is 507 g/mol. The Morgan fingerprint density at radius 2 is 1.63 bits per heavy atom. The molecule has 3 aromatic carbocycles. The van der Waals surface area contributed by atoms with Crippen LogP contribution in [0.5, 0.6) is 0 Å². The summed E-state index contributed by atoms with van der Waals surface area (Å²) in [5.41, 5.74) is 2.24. The second-order valence-electron chi connectivity index (χ2n) is 8.30. The number of rotatable bonds is 7. The number of hydrogen-bond donors (Lipinski definition) is 1. The lowest BCUT2D eigenvalue weighted by atomic mass is 10.1. The van der Waals surface area contributed by atoms with Crippen LogP contribution < -0.4 is 4.90 Å². The molecule has 9 heteroatoms. The highest BCUT2D eigenvalue weighted by Gasteiger charge is 2.46. The largest absolute Gasteiger partial charge is 0.361 e. The van der Waals surface area contributed by atoms with Gasteiger partial charge < -0.3 is 4.98 Å². The van der Waals surface area contributed by atoms with Gasteiger partial charge >= 0.3 is 0 Å². The predicted molar refractivity (Wildman–Crippen MR) is 135 cm³/mol. The molecule has 7 nitrogen and oxygen atoms in total. The molecule has 1 fully saturated rings. The molecule has 1 aromatic heterocycles. The van der Waals surface area contributed by atoms with E-state index >= 15 is 0 Å². The van der Waals surface area contributed by atoms with Gasteiger partial charge in [0.2, 0.25) is 15.9 Å². The maximum atomic E-state index is 13.7. The number of amides is 2. The summed E-state index contributed by atoms with van der Waals surface area (Å²) in [5, 5.41) is 1.46. The van der Waals surface area contributed by atoms with Gasteiger partial charge in [-0.05, 0) is 54.4 Å². The number of nitrogens with one attached hydrogen (secondary N) is 1. The van der Waals surface area contributed by atoms with Crippen LogP contribution in [-0.4, -0.2) is 42.1 Å². The first-order valence-corrected chi connectivity index (χ1v) is 12.9. The first kappa shape index (κ1) is 23.3. The molecule has 1 saturated heterocycles. The molecule has 178 valence electrons. The van der Waals surface area contributed by atoms with Crippen LogP contribution in [-0.2, 0) is 26.0 Å². The molecule has 5 rings (SSSR count). The quantitative estimate of drug-likeness (QED) is 0.376. The number of aromatic amines is 1. The Morgan fingerprint density at radius 3 is 2.37 bits per heavy atom. The van der Waals surface area contributed by atoms with E-state index < -0.39 is 27.9 Å². The zero-order valence-corrected chi connectivity index (χ0v) is 20.2. The van der Waals surface area contributed by atoms with Crippen LogP contribution in [0.15, 0.2) is 90.0 Å². The first-order chi connectivity index (χ1) is 16.9. The second kappa shape index (κ2) is 9.30. The predicted octanol–water partition coefficient (Wildman–Crippen LogP) is 4.39. The van der Waals surface area contributed by atoms with E-state index in [4.69, 9.17) is 11.6 Å². The maximum Gasteiger partial charge on any atom is 0.252 e. The summed E-state index contributed by atoms with van der Waals surface area (Å²) in [6.45, 7) is 0.0389. The number of aromatic nitrogens is 1. The molecule has 1 N–H and O–H groups in total. The van der Waals surface area contributed by atoms with Crippen molar-refractivity contribution in [3.63, 3.8) is 0 Å². The standard InChI is InChI=1S/C26H22ClN3O4S/c27-19-10-12-20(13-11-19)30-25(31)16-24(26(30)32)29(35(33,34)21-6-2-1-3-7-21)15-14-18-17-28-23-9-5-4-8-22(18)23/h1-13,17,24,28H,14-16H2. The number of benzene rings is 3. The Balaban J connectivity index is 1.50. The molecule has 0 aliphatic carbocycles. The number of carbonyl (C=O) groups is 2. The van der Waals surface area contributed by atoms with Crippen molar-refractivity contribution >= 4 is 50.0 Å². The van der Waals surface area contributed by atoms with Gasteiger partial charge in [0.1, 0.15) is 6.04 Å². The Morgan fingerprint density at radius 1 is 0.943 bits per heavy atom. The number of imide groups is 1. The summed E-state index contributed by atoms with van der Waals surface area (Å²) < 4.78 is 28.6. The fourth-order valence-electron chi connectivity index (χ4n) is 4.44. The normalized spacial score (nSPS) is 16.5. The second-order valence-corrected chi connectivity index (χ2v) is 10.6. The van der Waals surface area contributed by atoms with Crippen molar-refractivity contribution in [1.29, 1.82) is 0 Å². The molecule has 0 bridgehead atoms. The van der Waals surface area contributed by atoms with E-state index in [2.05, 4.69) is 4.98 Å². The van der Waals surface area contributed by atoms with E-state index in [1.807, 2.05) is 30.5 Å². The molecule has 1 atom stereocenters. The minimum absolute atomic E-state index is 0.0389. The van der Waals surface area contributed by atoms with Crippen LogP contribution >= 0.6 is 11.6 Å². The van der Waals surface area contributed by atoms with Gasteiger partial charge in [-0.1, -0.05) is 48.0 Å². The van der Waals surface area contributed by atoms with Crippen molar-refractivity contribution in [2.45, 2.75) is 23.8 Å². The van der Waals surface area contributed by atoms with Gasteiger partial charge in [0.25, 0.3) is 5.91 Å². The topological polar surface area (TPSA) is 90.5 Å². The number of anilines is 1. The number of para-hydroxylation sites is 1. The number of nitrogens with zero attached hydrogens (tertiary/aromatic N) is 2. The van der Waals surface area contributed by atoms with Crippen molar-refractivity contribution < 1.29 is 18.0 Å². The molecule has 2 amide bonds. The highest BCUT2D eigenvalue weighted by atomic mass is 35.5. The third-order valence-corrected chi connectivity index (χ3v) is 8.36. The number of hydrogen-bond acceptors (Lipinski definition) is 4. The molecule has 1 aliphatic heterocycles. The molecular formula is C26H22ClN3O4S. The highest BCUT2D eigenvalue weighted by molar-refractivity contribution is 7.89. The van der Waals surface area contributed by atoms with Gasteiger partial charge in [-0.2, -0.15) is 4.31 Å². The lowest BCUT2D eigenvalue weighted by molar-refractivity contribution is -0.122. The molecular weight excluding hydrogens is 486 g/mol. The van der Waals surface area contributed by atoms with Crippen molar-refractivity contribution in [3.8, 4) is 0 Å². The van der Waals surface area contributed by atoms with Crippen LogP contribution in [0, 0.1) is 0 Å². The summed E-state index contributed by atoms with van der Waals surface area (Å²) in [6.07, 6.45) is 1.98. The van der Waals surface area contributed by atoms with E-state index in [9.17, 15) is 18.0 Å². The van der Waals surface area contributed by atoms with E-state index in [0.717, 1.165) is 21.4 Å². The molecule has 35 heavy (non-hydrogen) atoms. The molecule has 0 spiro atoms. The van der Waals surface area contributed by atoms with E-state index in [1.165, 1.54) is 16.4 Å². The van der Waals surface area contributed by atoms with E-state index in [1.54, 1.807) is 42.5 Å². The minimum atomic E-state index is -4.06. The molecule has 4 aromatic rings. The maximum absolute atomic E-state index is 13.7. The Kier molecular flexibility index (Phi) is 6.19.